The number of ether oxygens (including phenoxy) is 1. The second kappa shape index (κ2) is 6.27. The maximum atomic E-state index is 5.93. The third-order valence-electron chi connectivity index (χ3n) is 6.53. The van der Waals surface area contributed by atoms with E-state index in [1.54, 1.807) is 0 Å². The van der Waals surface area contributed by atoms with Gasteiger partial charge in [0.2, 0.25) is 0 Å². The molecule has 3 rings (SSSR count). The number of nitrogens with zero attached hydrogens (tertiary/aromatic N) is 2. The van der Waals surface area contributed by atoms with E-state index < -0.39 is 0 Å². The van der Waals surface area contributed by atoms with Crippen molar-refractivity contribution in [3.63, 3.8) is 0 Å². The van der Waals surface area contributed by atoms with E-state index in [0.717, 1.165) is 25.7 Å². The minimum atomic E-state index is 0.208. The Bertz CT molecular complexity index is 458. The fourth-order valence-corrected chi connectivity index (χ4v) is 5.36. The van der Waals surface area contributed by atoms with E-state index in [4.69, 9.17) is 4.74 Å². The van der Waals surface area contributed by atoms with E-state index in [1.807, 2.05) is 7.05 Å². The van der Waals surface area contributed by atoms with Crippen molar-refractivity contribution in [2.24, 2.45) is 21.7 Å². The van der Waals surface area contributed by atoms with Crippen LogP contribution >= 0.6 is 0 Å². The molecule has 132 valence electrons. The van der Waals surface area contributed by atoms with Crippen LogP contribution in [0.2, 0.25) is 0 Å². The van der Waals surface area contributed by atoms with Crippen molar-refractivity contribution >= 4 is 5.96 Å². The van der Waals surface area contributed by atoms with E-state index in [0.29, 0.717) is 23.5 Å². The lowest BCUT2D eigenvalue weighted by Crippen LogP contribution is -2.68. The number of guanidine groups is 1. The van der Waals surface area contributed by atoms with Gasteiger partial charge in [-0.15, -0.1) is 0 Å². The molecule has 0 amide bonds. The molecule has 0 radical (unpaired) electrons. The van der Waals surface area contributed by atoms with E-state index in [9.17, 15) is 0 Å². The molecule has 4 unspecified atom stereocenters. The molecule has 0 aromatic heterocycles. The summed E-state index contributed by atoms with van der Waals surface area (Å²) in [6, 6.07) is 0.494. The molecule has 0 bridgehead atoms. The van der Waals surface area contributed by atoms with Crippen LogP contribution < -0.4 is 5.32 Å². The lowest BCUT2D eigenvalue weighted by Gasteiger charge is -2.55. The largest absolute Gasteiger partial charge is 0.377 e. The molecule has 2 heterocycles. The van der Waals surface area contributed by atoms with Gasteiger partial charge in [0.25, 0.3) is 0 Å². The van der Waals surface area contributed by atoms with Crippen LogP contribution in [0.4, 0.5) is 0 Å². The quantitative estimate of drug-likeness (QED) is 0.640. The molecule has 1 aliphatic carbocycles. The van der Waals surface area contributed by atoms with Crippen LogP contribution in [0.5, 0.6) is 0 Å². The molecule has 0 aromatic rings. The third-order valence-corrected chi connectivity index (χ3v) is 6.53. The lowest BCUT2D eigenvalue weighted by molar-refractivity contribution is -0.107. The van der Waals surface area contributed by atoms with Gasteiger partial charge in [0.1, 0.15) is 0 Å². The summed E-state index contributed by atoms with van der Waals surface area (Å²) in [6.45, 7) is 12.6. The fourth-order valence-electron chi connectivity index (χ4n) is 5.36. The summed E-state index contributed by atoms with van der Waals surface area (Å²) in [5.41, 5.74) is 0.651. The molecule has 0 aromatic carbocycles. The highest BCUT2D eigenvalue weighted by atomic mass is 16.5. The first-order valence-corrected chi connectivity index (χ1v) is 9.51. The average Bonchev–Trinajstić information content (AvgIpc) is 2.95. The Hall–Kier alpha value is -0.770. The van der Waals surface area contributed by atoms with Crippen LogP contribution in [0, 0.1) is 16.7 Å². The maximum absolute atomic E-state index is 5.93. The second-order valence-electron chi connectivity index (χ2n) is 8.82. The molecular formula is C19H35N3O. The van der Waals surface area contributed by atoms with Crippen LogP contribution in [0.1, 0.15) is 59.8 Å². The van der Waals surface area contributed by atoms with Gasteiger partial charge < -0.3 is 15.0 Å². The first-order chi connectivity index (χ1) is 10.9. The molecular weight excluding hydrogens is 286 g/mol. The van der Waals surface area contributed by atoms with Gasteiger partial charge in [0.15, 0.2) is 5.96 Å². The normalized spacial score (nSPS) is 39.8. The number of piperidine rings is 1. The summed E-state index contributed by atoms with van der Waals surface area (Å²) in [5, 5.41) is 3.81. The Labute approximate surface area is 142 Å². The van der Waals surface area contributed by atoms with E-state index in [-0.39, 0.29) is 5.41 Å². The van der Waals surface area contributed by atoms with Crippen molar-refractivity contribution < 1.29 is 4.74 Å². The van der Waals surface area contributed by atoms with Gasteiger partial charge in [-0.2, -0.15) is 0 Å². The standard InChI is InChI=1S/C19H35N3O/c1-6-9-19(4)10-7-11-22(13-19)17(20-5)21-15-14-8-12-23-16(14)18(15,2)3/h14-16H,6-13H2,1-5H3,(H,20,21). The summed E-state index contributed by atoms with van der Waals surface area (Å²) >= 11 is 0. The number of rotatable bonds is 3. The maximum Gasteiger partial charge on any atom is 0.193 e. The zero-order valence-corrected chi connectivity index (χ0v) is 15.7. The number of fused-ring (bicyclic) bond motifs is 1. The number of nitrogens with one attached hydrogen (secondary N) is 1. The summed E-state index contributed by atoms with van der Waals surface area (Å²) < 4.78 is 5.93. The number of aliphatic imine (C=N–C) groups is 1. The van der Waals surface area contributed by atoms with Gasteiger partial charge in [0, 0.05) is 44.1 Å². The first kappa shape index (κ1) is 17.1. The third kappa shape index (κ3) is 2.99. The predicted octanol–water partition coefficient (Wildman–Crippen LogP) is 3.28. The van der Waals surface area contributed by atoms with Crippen LogP contribution in [0.25, 0.3) is 0 Å². The number of hydrogen-bond acceptors (Lipinski definition) is 2. The van der Waals surface area contributed by atoms with E-state index in [1.165, 1.54) is 32.1 Å². The Kier molecular flexibility index (Phi) is 4.65. The van der Waals surface area contributed by atoms with Crippen molar-refractivity contribution in [3.05, 3.63) is 0 Å². The summed E-state index contributed by atoms with van der Waals surface area (Å²) in [5.74, 6) is 1.77. The molecule has 1 saturated carbocycles. The molecule has 1 N–H and O–H groups in total. The Morgan fingerprint density at radius 1 is 1.35 bits per heavy atom. The predicted molar refractivity (Wildman–Crippen MR) is 95.7 cm³/mol. The van der Waals surface area contributed by atoms with Crippen molar-refractivity contribution in [2.45, 2.75) is 71.9 Å². The molecule has 3 aliphatic rings. The topological polar surface area (TPSA) is 36.9 Å². The summed E-state index contributed by atoms with van der Waals surface area (Å²) in [7, 11) is 1.93. The SMILES string of the molecule is CCCC1(C)CCCN(C(=NC)NC2C3CCOC3C2(C)C)C1. The fraction of sp³-hybridized carbons (Fsp3) is 0.947. The molecule has 0 spiro atoms. The van der Waals surface area contributed by atoms with Gasteiger partial charge in [0.05, 0.1) is 6.10 Å². The zero-order valence-electron chi connectivity index (χ0n) is 15.7. The first-order valence-electron chi connectivity index (χ1n) is 9.51. The monoisotopic (exact) mass is 321 g/mol. The molecule has 3 fully saturated rings. The zero-order chi connectivity index (χ0) is 16.7. The summed E-state index contributed by atoms with van der Waals surface area (Å²) in [4.78, 5) is 7.13. The molecule has 2 saturated heterocycles. The van der Waals surface area contributed by atoms with Gasteiger partial charge in [-0.3, -0.25) is 4.99 Å². The Morgan fingerprint density at radius 3 is 2.83 bits per heavy atom. The summed E-state index contributed by atoms with van der Waals surface area (Å²) in [6.07, 6.45) is 6.84. The van der Waals surface area contributed by atoms with Crippen LogP contribution in [-0.2, 0) is 4.74 Å². The van der Waals surface area contributed by atoms with Gasteiger partial charge >= 0.3 is 0 Å². The van der Waals surface area contributed by atoms with Crippen LogP contribution in [-0.4, -0.2) is 49.7 Å². The smallest absolute Gasteiger partial charge is 0.193 e. The molecule has 4 nitrogen and oxygen atoms in total. The van der Waals surface area contributed by atoms with Gasteiger partial charge in [-0.25, -0.2) is 0 Å². The molecule has 4 heteroatoms. The van der Waals surface area contributed by atoms with Gasteiger partial charge in [-0.05, 0) is 31.1 Å². The molecule has 4 atom stereocenters. The van der Waals surface area contributed by atoms with Crippen molar-refractivity contribution in [3.8, 4) is 0 Å². The highest BCUT2D eigenvalue weighted by molar-refractivity contribution is 5.80. The number of likely N-dealkylation sites (tertiary alicyclic amines) is 1. The van der Waals surface area contributed by atoms with Crippen molar-refractivity contribution in [2.75, 3.05) is 26.7 Å². The lowest BCUT2D eigenvalue weighted by atomic mass is 9.57. The number of hydrogen-bond donors (Lipinski definition) is 1. The highest BCUT2D eigenvalue weighted by Crippen LogP contribution is 2.52. The average molecular weight is 322 g/mol. The highest BCUT2D eigenvalue weighted by Gasteiger charge is 2.59. The van der Waals surface area contributed by atoms with Crippen LogP contribution in [0.15, 0.2) is 4.99 Å². The Balaban J connectivity index is 1.66. The minimum Gasteiger partial charge on any atom is -0.377 e. The Morgan fingerprint density at radius 2 is 2.13 bits per heavy atom. The second-order valence-corrected chi connectivity index (χ2v) is 8.82. The molecule has 2 aliphatic heterocycles. The van der Waals surface area contributed by atoms with Gasteiger partial charge in [-0.1, -0.05) is 34.1 Å². The van der Waals surface area contributed by atoms with E-state index >= 15 is 0 Å². The minimum absolute atomic E-state index is 0.208. The van der Waals surface area contributed by atoms with Crippen LogP contribution in [0.3, 0.4) is 0 Å². The van der Waals surface area contributed by atoms with Crippen molar-refractivity contribution in [1.82, 2.24) is 10.2 Å². The van der Waals surface area contributed by atoms with Crippen molar-refractivity contribution in [1.29, 1.82) is 0 Å². The molecule has 23 heavy (non-hydrogen) atoms. The van der Waals surface area contributed by atoms with E-state index in [2.05, 4.69) is 42.9 Å².